The van der Waals surface area contributed by atoms with Crippen LogP contribution in [0.1, 0.15) is 32.6 Å². The van der Waals surface area contributed by atoms with E-state index in [1.165, 1.54) is 24.1 Å². The molecule has 24 heavy (non-hydrogen) atoms. The van der Waals surface area contributed by atoms with E-state index in [-0.39, 0.29) is 11.9 Å². The van der Waals surface area contributed by atoms with Crippen molar-refractivity contribution in [2.75, 3.05) is 29.4 Å². The summed E-state index contributed by atoms with van der Waals surface area (Å²) in [5, 5.41) is 2.36. The van der Waals surface area contributed by atoms with Crippen LogP contribution in [0.25, 0.3) is 0 Å². The predicted molar refractivity (Wildman–Crippen MR) is 96.3 cm³/mol. The van der Waals surface area contributed by atoms with Gasteiger partial charge in [-0.25, -0.2) is 4.79 Å². The molecule has 1 N–H and O–H groups in total. The summed E-state index contributed by atoms with van der Waals surface area (Å²) >= 11 is 0. The summed E-state index contributed by atoms with van der Waals surface area (Å²) in [5.74, 6) is 0.554. The molecular formula is C19H25N3O2. The van der Waals surface area contributed by atoms with Gasteiger partial charge < -0.3 is 4.90 Å². The Morgan fingerprint density at radius 3 is 2.33 bits per heavy atom. The van der Waals surface area contributed by atoms with Crippen LogP contribution in [0, 0.1) is 5.92 Å². The van der Waals surface area contributed by atoms with E-state index in [2.05, 4.69) is 35.9 Å². The minimum atomic E-state index is -0.334. The lowest BCUT2D eigenvalue weighted by molar-refractivity contribution is -0.120. The Morgan fingerprint density at radius 1 is 1.12 bits per heavy atom. The number of benzene rings is 1. The molecule has 3 amide bonds. The molecule has 0 unspecified atom stereocenters. The maximum atomic E-state index is 11.9. The molecule has 2 saturated heterocycles. The topological polar surface area (TPSA) is 52.6 Å². The molecule has 0 bridgehead atoms. The van der Waals surface area contributed by atoms with Crippen LogP contribution in [0.15, 0.2) is 36.4 Å². The summed E-state index contributed by atoms with van der Waals surface area (Å²) < 4.78 is 0. The molecule has 0 saturated carbocycles. The van der Waals surface area contributed by atoms with E-state index in [4.69, 9.17) is 0 Å². The molecule has 0 aromatic heterocycles. The molecule has 1 aromatic carbocycles. The van der Waals surface area contributed by atoms with Crippen molar-refractivity contribution < 1.29 is 9.59 Å². The van der Waals surface area contributed by atoms with Gasteiger partial charge in [-0.05, 0) is 56.4 Å². The molecule has 2 aliphatic heterocycles. The second kappa shape index (κ2) is 7.07. The SMILES string of the molecule is C=C(C)CC1CCN(c2ccc(N3CCC(=O)NC3=O)cc2)CC1. The number of hydrogen-bond acceptors (Lipinski definition) is 3. The van der Waals surface area contributed by atoms with Crippen LogP contribution >= 0.6 is 0 Å². The van der Waals surface area contributed by atoms with Gasteiger partial charge in [-0.2, -0.15) is 0 Å². The number of carbonyl (C=O) groups excluding carboxylic acids is 2. The fraction of sp³-hybridized carbons (Fsp3) is 0.474. The molecule has 0 atom stereocenters. The number of rotatable bonds is 4. The molecule has 0 spiro atoms. The van der Waals surface area contributed by atoms with Gasteiger partial charge in [0.05, 0.1) is 0 Å². The van der Waals surface area contributed by atoms with E-state index in [1.54, 1.807) is 4.90 Å². The lowest BCUT2D eigenvalue weighted by atomic mass is 9.91. The monoisotopic (exact) mass is 327 g/mol. The summed E-state index contributed by atoms with van der Waals surface area (Å²) in [7, 11) is 0. The lowest BCUT2D eigenvalue weighted by Crippen LogP contribution is -2.49. The second-order valence-corrected chi connectivity index (χ2v) is 6.86. The third-order valence-electron chi connectivity index (χ3n) is 4.83. The van der Waals surface area contributed by atoms with E-state index in [0.717, 1.165) is 31.1 Å². The van der Waals surface area contributed by atoms with E-state index in [1.807, 2.05) is 12.1 Å². The first-order valence-electron chi connectivity index (χ1n) is 8.63. The minimum Gasteiger partial charge on any atom is -0.372 e. The lowest BCUT2D eigenvalue weighted by Gasteiger charge is -2.34. The molecule has 128 valence electrons. The number of urea groups is 1. The van der Waals surface area contributed by atoms with Crippen molar-refractivity contribution in [3.05, 3.63) is 36.4 Å². The van der Waals surface area contributed by atoms with Crippen molar-refractivity contribution in [3.8, 4) is 0 Å². The number of imide groups is 1. The van der Waals surface area contributed by atoms with Crippen LogP contribution in [-0.4, -0.2) is 31.6 Å². The standard InChI is InChI=1S/C19H25N3O2/c1-14(2)13-15-7-10-21(11-8-15)16-3-5-17(6-4-16)22-12-9-18(23)20-19(22)24/h3-6,15H,1,7-13H2,2H3,(H,20,23,24). The smallest absolute Gasteiger partial charge is 0.328 e. The Morgan fingerprint density at radius 2 is 1.75 bits per heavy atom. The number of nitrogens with zero attached hydrogens (tertiary/aromatic N) is 2. The molecule has 2 aliphatic rings. The molecule has 2 heterocycles. The van der Waals surface area contributed by atoms with Gasteiger partial charge in [0.15, 0.2) is 0 Å². The second-order valence-electron chi connectivity index (χ2n) is 6.86. The van der Waals surface area contributed by atoms with Crippen LogP contribution in [-0.2, 0) is 4.79 Å². The summed E-state index contributed by atoms with van der Waals surface area (Å²) in [6.45, 7) is 8.70. The van der Waals surface area contributed by atoms with Gasteiger partial charge in [-0.1, -0.05) is 5.57 Å². The van der Waals surface area contributed by atoms with Crippen molar-refractivity contribution in [1.82, 2.24) is 5.32 Å². The van der Waals surface area contributed by atoms with Crippen molar-refractivity contribution in [2.24, 2.45) is 5.92 Å². The van der Waals surface area contributed by atoms with E-state index >= 15 is 0 Å². The van der Waals surface area contributed by atoms with Crippen LogP contribution in [0.4, 0.5) is 16.2 Å². The normalized spacial score (nSPS) is 19.4. The molecule has 0 aliphatic carbocycles. The summed E-state index contributed by atoms with van der Waals surface area (Å²) in [4.78, 5) is 27.1. The molecule has 5 nitrogen and oxygen atoms in total. The fourth-order valence-electron chi connectivity index (χ4n) is 3.54. The average molecular weight is 327 g/mol. The molecule has 2 fully saturated rings. The highest BCUT2D eigenvalue weighted by molar-refractivity contribution is 6.05. The summed E-state index contributed by atoms with van der Waals surface area (Å²) in [6.07, 6.45) is 3.88. The maximum Gasteiger partial charge on any atom is 0.328 e. The van der Waals surface area contributed by atoms with Crippen LogP contribution < -0.4 is 15.1 Å². The zero-order valence-electron chi connectivity index (χ0n) is 14.3. The Balaban J connectivity index is 1.60. The van der Waals surface area contributed by atoms with Gasteiger partial charge >= 0.3 is 6.03 Å². The molecule has 5 heteroatoms. The number of anilines is 2. The van der Waals surface area contributed by atoms with E-state index in [9.17, 15) is 9.59 Å². The first kappa shape index (κ1) is 16.6. The van der Waals surface area contributed by atoms with Gasteiger partial charge in [0, 0.05) is 37.4 Å². The first-order valence-corrected chi connectivity index (χ1v) is 8.63. The molecule has 1 aromatic rings. The van der Waals surface area contributed by atoms with Gasteiger partial charge in [0.1, 0.15) is 0 Å². The van der Waals surface area contributed by atoms with Gasteiger partial charge in [0.2, 0.25) is 5.91 Å². The summed E-state index contributed by atoms with van der Waals surface area (Å²) in [6, 6.07) is 7.73. The number of hydrogen-bond donors (Lipinski definition) is 1. The molecular weight excluding hydrogens is 302 g/mol. The summed E-state index contributed by atoms with van der Waals surface area (Å²) in [5.41, 5.74) is 3.30. The number of nitrogens with one attached hydrogen (secondary N) is 1. The van der Waals surface area contributed by atoms with Crippen molar-refractivity contribution >= 4 is 23.3 Å². The highest BCUT2D eigenvalue weighted by Gasteiger charge is 2.24. The van der Waals surface area contributed by atoms with E-state index < -0.39 is 0 Å². The van der Waals surface area contributed by atoms with Crippen LogP contribution in [0.3, 0.4) is 0 Å². The predicted octanol–water partition coefficient (Wildman–Crippen LogP) is 3.32. The third-order valence-corrected chi connectivity index (χ3v) is 4.83. The Labute approximate surface area is 143 Å². The van der Waals surface area contributed by atoms with Crippen molar-refractivity contribution in [3.63, 3.8) is 0 Å². The first-order chi connectivity index (χ1) is 11.5. The Kier molecular flexibility index (Phi) is 4.88. The third kappa shape index (κ3) is 3.78. The Bertz CT molecular complexity index is 631. The van der Waals surface area contributed by atoms with Gasteiger partial charge in [-0.15, -0.1) is 6.58 Å². The minimum absolute atomic E-state index is 0.203. The fourth-order valence-corrected chi connectivity index (χ4v) is 3.54. The number of amides is 3. The number of piperidine rings is 1. The van der Waals surface area contributed by atoms with Crippen LogP contribution in [0.2, 0.25) is 0 Å². The highest BCUT2D eigenvalue weighted by Crippen LogP contribution is 2.28. The molecule has 3 rings (SSSR count). The number of carbonyl (C=O) groups is 2. The zero-order chi connectivity index (χ0) is 17.1. The van der Waals surface area contributed by atoms with Crippen molar-refractivity contribution in [2.45, 2.75) is 32.6 Å². The largest absolute Gasteiger partial charge is 0.372 e. The average Bonchev–Trinajstić information content (AvgIpc) is 2.55. The highest BCUT2D eigenvalue weighted by atomic mass is 16.2. The van der Waals surface area contributed by atoms with Gasteiger partial charge in [-0.3, -0.25) is 15.0 Å². The molecule has 0 radical (unpaired) electrons. The maximum absolute atomic E-state index is 11.9. The zero-order valence-corrected chi connectivity index (χ0v) is 14.3. The Hall–Kier alpha value is -2.30. The van der Waals surface area contributed by atoms with Crippen molar-refractivity contribution in [1.29, 1.82) is 0 Å². The van der Waals surface area contributed by atoms with Gasteiger partial charge in [0.25, 0.3) is 0 Å². The van der Waals surface area contributed by atoms with E-state index in [0.29, 0.717) is 13.0 Å². The van der Waals surface area contributed by atoms with Crippen LogP contribution in [0.5, 0.6) is 0 Å². The number of allylic oxidation sites excluding steroid dienone is 1. The quantitative estimate of drug-likeness (QED) is 0.863.